The van der Waals surface area contributed by atoms with Gasteiger partial charge in [-0.2, -0.15) is 0 Å². The third-order valence-corrected chi connectivity index (χ3v) is 3.28. The minimum absolute atomic E-state index is 0.0347. The zero-order chi connectivity index (χ0) is 12.0. The molecule has 1 rings (SSSR count). The Morgan fingerprint density at radius 3 is 1.20 bits per heavy atom. The van der Waals surface area contributed by atoms with E-state index in [1.807, 2.05) is 0 Å². The van der Waals surface area contributed by atoms with Crippen LogP contribution in [-0.2, 0) is 4.74 Å². The van der Waals surface area contributed by atoms with Crippen molar-refractivity contribution in [3.05, 3.63) is 0 Å². The third-order valence-electron chi connectivity index (χ3n) is 3.28. The number of rotatable bonds is 0. The van der Waals surface area contributed by atoms with Gasteiger partial charge in [-0.15, -0.1) is 0 Å². The van der Waals surface area contributed by atoms with Crippen LogP contribution in [0.15, 0.2) is 0 Å². The van der Waals surface area contributed by atoms with Crippen LogP contribution in [0.4, 0.5) is 0 Å². The van der Waals surface area contributed by atoms with Crippen LogP contribution in [-0.4, -0.2) is 22.8 Å². The lowest BCUT2D eigenvalue weighted by molar-refractivity contribution is -0.180. The second kappa shape index (κ2) is 3.72. The summed E-state index contributed by atoms with van der Waals surface area (Å²) in [6.07, 6.45) is -1.71. The average Bonchev–Trinajstić information content (AvgIpc) is 2.22. The van der Waals surface area contributed by atoms with Crippen molar-refractivity contribution in [2.45, 2.75) is 54.1 Å². The summed E-state index contributed by atoms with van der Waals surface area (Å²) in [7, 11) is 0. The van der Waals surface area contributed by atoms with Gasteiger partial charge in [0.05, 0.1) is 0 Å². The van der Waals surface area contributed by atoms with Crippen LogP contribution in [0.5, 0.6) is 0 Å². The van der Waals surface area contributed by atoms with Crippen molar-refractivity contribution in [3.63, 3.8) is 0 Å². The first-order chi connectivity index (χ1) is 6.55. The van der Waals surface area contributed by atoms with Gasteiger partial charge in [-0.25, -0.2) is 0 Å². The van der Waals surface area contributed by atoms with Gasteiger partial charge < -0.3 is 14.9 Å². The summed E-state index contributed by atoms with van der Waals surface area (Å²) >= 11 is 0. The molecule has 3 nitrogen and oxygen atoms in total. The van der Waals surface area contributed by atoms with E-state index in [1.54, 1.807) is 0 Å². The van der Waals surface area contributed by atoms with E-state index in [0.717, 1.165) is 0 Å². The summed E-state index contributed by atoms with van der Waals surface area (Å²) in [6.45, 7) is 12.4. The SMILES string of the molecule is CC(C)(C)C1C(O)OC(O)C1C(C)(C)C. The lowest BCUT2D eigenvalue weighted by atomic mass is 9.65. The Balaban J connectivity index is 3.01. The van der Waals surface area contributed by atoms with E-state index in [2.05, 4.69) is 41.5 Å². The number of aliphatic hydroxyl groups is 2. The fourth-order valence-electron chi connectivity index (χ4n) is 2.60. The van der Waals surface area contributed by atoms with Gasteiger partial charge in [0.1, 0.15) is 0 Å². The predicted octanol–water partition coefficient (Wildman–Crippen LogP) is 1.98. The maximum absolute atomic E-state index is 9.85. The van der Waals surface area contributed by atoms with Gasteiger partial charge in [0.2, 0.25) is 0 Å². The molecule has 0 aromatic heterocycles. The molecule has 90 valence electrons. The van der Waals surface area contributed by atoms with E-state index >= 15 is 0 Å². The fraction of sp³-hybridized carbons (Fsp3) is 1.00. The molecule has 1 heterocycles. The topological polar surface area (TPSA) is 49.7 Å². The minimum atomic E-state index is -0.857. The number of hydrogen-bond donors (Lipinski definition) is 2. The summed E-state index contributed by atoms with van der Waals surface area (Å²) in [5.74, 6) is -0.0694. The number of aliphatic hydroxyl groups excluding tert-OH is 2. The van der Waals surface area contributed by atoms with Crippen LogP contribution in [0.1, 0.15) is 41.5 Å². The molecular formula is C12H24O3. The van der Waals surface area contributed by atoms with Crippen LogP contribution in [0, 0.1) is 22.7 Å². The van der Waals surface area contributed by atoms with Crippen molar-refractivity contribution in [1.29, 1.82) is 0 Å². The summed E-state index contributed by atoms with van der Waals surface area (Å²) in [5, 5.41) is 19.7. The van der Waals surface area contributed by atoms with Crippen molar-refractivity contribution in [3.8, 4) is 0 Å². The Hall–Kier alpha value is -0.120. The molecular weight excluding hydrogens is 192 g/mol. The zero-order valence-electron chi connectivity index (χ0n) is 10.6. The third kappa shape index (κ3) is 2.52. The van der Waals surface area contributed by atoms with Gasteiger partial charge in [-0.05, 0) is 10.8 Å². The van der Waals surface area contributed by atoms with Crippen LogP contribution >= 0.6 is 0 Å². The zero-order valence-corrected chi connectivity index (χ0v) is 10.6. The highest BCUT2D eigenvalue weighted by Gasteiger charge is 2.52. The molecule has 1 aliphatic heterocycles. The van der Waals surface area contributed by atoms with Crippen LogP contribution in [0.2, 0.25) is 0 Å². The van der Waals surface area contributed by atoms with Crippen LogP contribution in [0.3, 0.4) is 0 Å². The second-order valence-electron chi connectivity index (χ2n) is 6.70. The molecule has 1 fully saturated rings. The lowest BCUT2D eigenvalue weighted by Gasteiger charge is -2.39. The molecule has 0 saturated carbocycles. The highest BCUT2D eigenvalue weighted by Crippen LogP contribution is 2.49. The van der Waals surface area contributed by atoms with Gasteiger partial charge in [0, 0.05) is 11.8 Å². The largest absolute Gasteiger partial charge is 0.368 e. The van der Waals surface area contributed by atoms with Crippen LogP contribution in [0.25, 0.3) is 0 Å². The Kier molecular flexibility index (Phi) is 3.21. The molecule has 0 spiro atoms. The van der Waals surface area contributed by atoms with Gasteiger partial charge in [0.15, 0.2) is 12.6 Å². The second-order valence-corrected chi connectivity index (χ2v) is 6.70. The van der Waals surface area contributed by atoms with Gasteiger partial charge >= 0.3 is 0 Å². The molecule has 15 heavy (non-hydrogen) atoms. The lowest BCUT2D eigenvalue weighted by Crippen LogP contribution is -2.40. The van der Waals surface area contributed by atoms with E-state index in [9.17, 15) is 10.2 Å². The van der Waals surface area contributed by atoms with E-state index < -0.39 is 12.6 Å². The predicted molar refractivity (Wildman–Crippen MR) is 59.0 cm³/mol. The Labute approximate surface area is 92.4 Å². The molecule has 0 radical (unpaired) electrons. The maximum Gasteiger partial charge on any atom is 0.161 e. The van der Waals surface area contributed by atoms with Crippen LogP contribution < -0.4 is 0 Å². The first-order valence-corrected chi connectivity index (χ1v) is 5.57. The molecule has 0 aliphatic carbocycles. The maximum atomic E-state index is 9.85. The quantitative estimate of drug-likeness (QED) is 0.651. The van der Waals surface area contributed by atoms with Crippen molar-refractivity contribution < 1.29 is 14.9 Å². The molecule has 0 amide bonds. The monoisotopic (exact) mass is 216 g/mol. The summed E-state index contributed by atoms with van der Waals surface area (Å²) in [6, 6.07) is 0. The van der Waals surface area contributed by atoms with Gasteiger partial charge in [0.25, 0.3) is 0 Å². The van der Waals surface area contributed by atoms with Crippen molar-refractivity contribution in [2.24, 2.45) is 22.7 Å². The molecule has 1 saturated heterocycles. The van der Waals surface area contributed by atoms with E-state index in [-0.39, 0.29) is 22.7 Å². The van der Waals surface area contributed by atoms with Crippen molar-refractivity contribution in [2.75, 3.05) is 0 Å². The molecule has 0 aromatic carbocycles. The first kappa shape index (κ1) is 12.9. The summed E-state index contributed by atoms with van der Waals surface area (Å²) < 4.78 is 5.15. The van der Waals surface area contributed by atoms with Gasteiger partial charge in [-0.3, -0.25) is 0 Å². The molecule has 0 bridgehead atoms. The normalized spacial score (nSPS) is 38.4. The Bertz CT molecular complexity index is 200. The van der Waals surface area contributed by atoms with E-state index in [0.29, 0.717) is 0 Å². The first-order valence-electron chi connectivity index (χ1n) is 5.57. The molecule has 0 aromatic rings. The fourth-order valence-corrected chi connectivity index (χ4v) is 2.60. The number of ether oxygens (including phenoxy) is 1. The Morgan fingerprint density at radius 1 is 0.733 bits per heavy atom. The van der Waals surface area contributed by atoms with Gasteiger partial charge in [-0.1, -0.05) is 41.5 Å². The smallest absolute Gasteiger partial charge is 0.161 e. The van der Waals surface area contributed by atoms with E-state index in [4.69, 9.17) is 4.74 Å². The summed E-state index contributed by atoms with van der Waals surface area (Å²) in [4.78, 5) is 0. The standard InChI is InChI=1S/C12H24O3/c1-11(2,3)7-8(12(4,5)6)10(14)15-9(7)13/h7-10,13-14H,1-6H3. The minimum Gasteiger partial charge on any atom is -0.368 e. The highest BCUT2D eigenvalue weighted by molar-refractivity contribution is 4.94. The van der Waals surface area contributed by atoms with E-state index in [1.165, 1.54) is 0 Å². The van der Waals surface area contributed by atoms with Crippen molar-refractivity contribution in [1.82, 2.24) is 0 Å². The highest BCUT2D eigenvalue weighted by atomic mass is 16.7. The Morgan fingerprint density at radius 2 is 1.00 bits per heavy atom. The molecule has 4 atom stereocenters. The van der Waals surface area contributed by atoms with Crippen molar-refractivity contribution >= 4 is 0 Å². The molecule has 4 unspecified atom stereocenters. The number of hydrogen-bond acceptors (Lipinski definition) is 3. The summed E-state index contributed by atoms with van der Waals surface area (Å²) in [5.41, 5.74) is -0.149. The molecule has 1 aliphatic rings. The molecule has 2 N–H and O–H groups in total. The molecule has 3 heteroatoms. The average molecular weight is 216 g/mol.